The predicted molar refractivity (Wildman–Crippen MR) is 68.4 cm³/mol. The monoisotopic (exact) mass is 215 g/mol. The summed E-state index contributed by atoms with van der Waals surface area (Å²) in [6.07, 6.45) is 2.50. The van der Waals surface area contributed by atoms with E-state index in [0.29, 0.717) is 0 Å². The minimum absolute atomic E-state index is 1.13. The van der Waals surface area contributed by atoms with Crippen LogP contribution >= 0.6 is 0 Å². The topological polar surface area (TPSA) is 18.5 Å². The molecule has 0 unspecified atom stereocenters. The van der Waals surface area contributed by atoms with Crippen LogP contribution in [-0.2, 0) is 0 Å². The number of hydrogen-bond donors (Lipinski definition) is 1. The first-order valence-electron chi connectivity index (χ1n) is 6.28. The normalized spacial score (nSPS) is 11.6. The van der Waals surface area contributed by atoms with E-state index in [9.17, 15) is 0 Å². The van der Waals surface area contributed by atoms with E-state index in [4.69, 9.17) is 0 Å². The highest BCUT2D eigenvalue weighted by molar-refractivity contribution is 4.59. The van der Waals surface area contributed by atoms with Crippen LogP contribution in [0.15, 0.2) is 0 Å². The van der Waals surface area contributed by atoms with Crippen molar-refractivity contribution in [3.05, 3.63) is 0 Å². The maximum absolute atomic E-state index is 3.45. The predicted octanol–water partition coefficient (Wildman–Crippen LogP) is 1.26. The molecule has 0 spiro atoms. The van der Waals surface area contributed by atoms with Crippen molar-refractivity contribution in [2.75, 3.05) is 53.4 Å². The maximum Gasteiger partial charge on any atom is 0.0107 e. The summed E-state index contributed by atoms with van der Waals surface area (Å²) in [7, 11) is 4.28. The summed E-state index contributed by atoms with van der Waals surface area (Å²) in [5.74, 6) is 0. The van der Waals surface area contributed by atoms with Gasteiger partial charge in [0.05, 0.1) is 0 Å². The van der Waals surface area contributed by atoms with Crippen molar-refractivity contribution in [2.45, 2.75) is 26.7 Å². The first kappa shape index (κ1) is 14.9. The zero-order valence-electron chi connectivity index (χ0n) is 11.1. The van der Waals surface area contributed by atoms with E-state index in [0.717, 1.165) is 13.1 Å². The van der Waals surface area contributed by atoms with Gasteiger partial charge in [-0.2, -0.15) is 0 Å². The van der Waals surface area contributed by atoms with Gasteiger partial charge in [-0.1, -0.05) is 13.8 Å². The number of hydrogen-bond acceptors (Lipinski definition) is 3. The molecule has 0 aliphatic heterocycles. The zero-order chi connectivity index (χ0) is 11.5. The summed E-state index contributed by atoms with van der Waals surface area (Å²) in [5.41, 5.74) is 0. The van der Waals surface area contributed by atoms with Crippen molar-refractivity contribution in [2.24, 2.45) is 0 Å². The molecule has 1 N–H and O–H groups in total. The molecular weight excluding hydrogens is 186 g/mol. The van der Waals surface area contributed by atoms with Crippen LogP contribution < -0.4 is 5.32 Å². The van der Waals surface area contributed by atoms with Gasteiger partial charge in [-0.05, 0) is 53.1 Å². The van der Waals surface area contributed by atoms with E-state index in [1.165, 1.54) is 39.0 Å². The summed E-state index contributed by atoms with van der Waals surface area (Å²) in [6.45, 7) is 11.5. The van der Waals surface area contributed by atoms with Crippen LogP contribution in [0.1, 0.15) is 26.7 Å². The fourth-order valence-electron chi connectivity index (χ4n) is 1.58. The lowest BCUT2D eigenvalue weighted by molar-refractivity contribution is 0.266. The first-order valence-corrected chi connectivity index (χ1v) is 6.28. The van der Waals surface area contributed by atoms with Crippen LogP contribution in [-0.4, -0.2) is 63.2 Å². The van der Waals surface area contributed by atoms with Crippen LogP contribution in [0.3, 0.4) is 0 Å². The molecule has 0 radical (unpaired) electrons. The molecule has 0 aliphatic carbocycles. The van der Waals surface area contributed by atoms with E-state index >= 15 is 0 Å². The van der Waals surface area contributed by atoms with Crippen LogP contribution in [0.2, 0.25) is 0 Å². The summed E-state index contributed by atoms with van der Waals surface area (Å²) >= 11 is 0. The lowest BCUT2D eigenvalue weighted by atomic mass is 10.3. The van der Waals surface area contributed by atoms with E-state index in [1.807, 2.05) is 0 Å². The van der Waals surface area contributed by atoms with Gasteiger partial charge in [-0.25, -0.2) is 0 Å². The smallest absolute Gasteiger partial charge is 0.0107 e. The second kappa shape index (κ2) is 10.4. The number of nitrogens with zero attached hydrogens (tertiary/aromatic N) is 2. The van der Waals surface area contributed by atoms with Crippen LogP contribution in [0.4, 0.5) is 0 Å². The fourth-order valence-corrected chi connectivity index (χ4v) is 1.58. The Bertz CT molecular complexity index is 126. The molecule has 0 atom stereocenters. The van der Waals surface area contributed by atoms with Crippen molar-refractivity contribution >= 4 is 0 Å². The lowest BCUT2D eigenvalue weighted by Gasteiger charge is -2.21. The second-order valence-corrected chi connectivity index (χ2v) is 4.34. The summed E-state index contributed by atoms with van der Waals surface area (Å²) in [5, 5.41) is 3.45. The van der Waals surface area contributed by atoms with Gasteiger partial charge < -0.3 is 15.1 Å². The number of rotatable bonds is 10. The molecule has 0 aromatic carbocycles. The number of nitrogens with one attached hydrogen (secondary N) is 1. The van der Waals surface area contributed by atoms with Crippen molar-refractivity contribution in [3.8, 4) is 0 Å². The Morgan fingerprint density at radius 3 is 2.20 bits per heavy atom. The quantitative estimate of drug-likeness (QED) is 0.554. The highest BCUT2D eigenvalue weighted by Gasteiger charge is 2.01. The molecule has 92 valence electrons. The van der Waals surface area contributed by atoms with Crippen molar-refractivity contribution in [1.82, 2.24) is 15.1 Å². The minimum Gasteiger partial charge on any atom is -0.315 e. The molecule has 0 bridgehead atoms. The lowest BCUT2D eigenvalue weighted by Crippen LogP contribution is -2.34. The molecule has 0 fully saturated rings. The summed E-state index contributed by atoms with van der Waals surface area (Å²) in [6, 6.07) is 0. The van der Waals surface area contributed by atoms with E-state index in [1.54, 1.807) is 0 Å². The molecule has 0 aromatic heterocycles. The standard InChI is InChI=1S/C12H29N3/c1-5-8-13-9-12-15(6-2)11-7-10-14(3)4/h13H,5-12H2,1-4H3. The largest absolute Gasteiger partial charge is 0.315 e. The Morgan fingerprint density at radius 1 is 0.933 bits per heavy atom. The molecular formula is C12H29N3. The molecule has 0 amide bonds. The second-order valence-electron chi connectivity index (χ2n) is 4.34. The molecule has 0 aromatic rings. The average molecular weight is 215 g/mol. The van der Waals surface area contributed by atoms with Crippen LogP contribution in [0.5, 0.6) is 0 Å². The average Bonchev–Trinajstić information content (AvgIpc) is 2.21. The molecule has 0 rings (SSSR count). The Morgan fingerprint density at radius 2 is 1.67 bits per heavy atom. The molecule has 0 saturated heterocycles. The third kappa shape index (κ3) is 10.2. The third-order valence-corrected chi connectivity index (χ3v) is 2.56. The Labute approximate surface area is 95.8 Å². The highest BCUT2D eigenvalue weighted by atomic mass is 15.1. The molecule has 0 aliphatic rings. The molecule has 0 saturated carbocycles. The van der Waals surface area contributed by atoms with E-state index in [-0.39, 0.29) is 0 Å². The fraction of sp³-hybridized carbons (Fsp3) is 1.00. The van der Waals surface area contributed by atoms with Crippen LogP contribution in [0.25, 0.3) is 0 Å². The van der Waals surface area contributed by atoms with Gasteiger partial charge in [0.2, 0.25) is 0 Å². The molecule has 3 heteroatoms. The first-order chi connectivity index (χ1) is 7.20. The zero-order valence-corrected chi connectivity index (χ0v) is 11.1. The SMILES string of the molecule is CCCNCCN(CC)CCCN(C)C. The Hall–Kier alpha value is -0.120. The summed E-state index contributed by atoms with van der Waals surface area (Å²) in [4.78, 5) is 4.77. The van der Waals surface area contributed by atoms with Gasteiger partial charge in [0.1, 0.15) is 0 Å². The maximum atomic E-state index is 3.45. The number of likely N-dealkylation sites (N-methyl/N-ethyl adjacent to an activating group) is 1. The van der Waals surface area contributed by atoms with Crippen molar-refractivity contribution in [1.29, 1.82) is 0 Å². The highest BCUT2D eigenvalue weighted by Crippen LogP contribution is 1.91. The van der Waals surface area contributed by atoms with Gasteiger partial charge in [0.15, 0.2) is 0 Å². The Kier molecular flexibility index (Phi) is 10.3. The van der Waals surface area contributed by atoms with Gasteiger partial charge in [-0.15, -0.1) is 0 Å². The van der Waals surface area contributed by atoms with Gasteiger partial charge in [0.25, 0.3) is 0 Å². The van der Waals surface area contributed by atoms with Crippen molar-refractivity contribution < 1.29 is 0 Å². The van der Waals surface area contributed by atoms with Gasteiger partial charge in [-0.3, -0.25) is 0 Å². The van der Waals surface area contributed by atoms with Gasteiger partial charge >= 0.3 is 0 Å². The summed E-state index contributed by atoms with van der Waals surface area (Å²) < 4.78 is 0. The molecule has 0 heterocycles. The molecule has 3 nitrogen and oxygen atoms in total. The minimum atomic E-state index is 1.13. The third-order valence-electron chi connectivity index (χ3n) is 2.56. The van der Waals surface area contributed by atoms with E-state index in [2.05, 4.69) is 43.1 Å². The Balaban J connectivity index is 3.38. The van der Waals surface area contributed by atoms with Gasteiger partial charge in [0, 0.05) is 13.1 Å². The molecule has 15 heavy (non-hydrogen) atoms. The van der Waals surface area contributed by atoms with E-state index < -0.39 is 0 Å². The van der Waals surface area contributed by atoms with Crippen LogP contribution in [0, 0.1) is 0 Å². The van der Waals surface area contributed by atoms with Crippen molar-refractivity contribution in [3.63, 3.8) is 0 Å².